The summed E-state index contributed by atoms with van der Waals surface area (Å²) in [6.07, 6.45) is 0.559. The Morgan fingerprint density at radius 3 is 2.25 bits per heavy atom. The van der Waals surface area contributed by atoms with Crippen molar-refractivity contribution in [3.63, 3.8) is 0 Å². The normalized spacial score (nSPS) is 9.19. The lowest BCUT2D eigenvalue weighted by molar-refractivity contribution is -0.128. The molecule has 16 heavy (non-hydrogen) atoms. The van der Waals surface area contributed by atoms with Gasteiger partial charge in [0.05, 0.1) is 37.3 Å². The SMILES string of the molecule is N#CCCN(CCC#N)C(=O)CSCCO. The Labute approximate surface area is 99.6 Å². The van der Waals surface area contributed by atoms with Crippen molar-refractivity contribution in [2.75, 3.05) is 31.2 Å². The van der Waals surface area contributed by atoms with Crippen LogP contribution in [0.1, 0.15) is 12.8 Å². The van der Waals surface area contributed by atoms with Crippen LogP contribution in [0.2, 0.25) is 0 Å². The molecular formula is C10H15N3O2S. The average Bonchev–Trinajstić information content (AvgIpc) is 2.29. The van der Waals surface area contributed by atoms with Crippen molar-refractivity contribution >= 4 is 17.7 Å². The van der Waals surface area contributed by atoms with Crippen molar-refractivity contribution in [3.8, 4) is 12.1 Å². The molecular weight excluding hydrogens is 226 g/mol. The fourth-order valence-corrected chi connectivity index (χ4v) is 1.68. The highest BCUT2D eigenvalue weighted by Gasteiger charge is 2.12. The van der Waals surface area contributed by atoms with E-state index in [0.29, 0.717) is 18.8 Å². The van der Waals surface area contributed by atoms with Gasteiger partial charge in [0, 0.05) is 18.8 Å². The van der Waals surface area contributed by atoms with E-state index in [9.17, 15) is 4.79 Å². The minimum Gasteiger partial charge on any atom is -0.396 e. The van der Waals surface area contributed by atoms with Crippen LogP contribution in [0.5, 0.6) is 0 Å². The molecule has 0 radical (unpaired) electrons. The summed E-state index contributed by atoms with van der Waals surface area (Å²) in [5.74, 6) is 0.733. The van der Waals surface area contributed by atoms with Gasteiger partial charge in [-0.05, 0) is 0 Å². The van der Waals surface area contributed by atoms with Crippen molar-refractivity contribution in [1.29, 1.82) is 10.5 Å². The smallest absolute Gasteiger partial charge is 0.232 e. The van der Waals surface area contributed by atoms with Gasteiger partial charge in [0.15, 0.2) is 0 Å². The minimum atomic E-state index is -0.0797. The lowest BCUT2D eigenvalue weighted by Crippen LogP contribution is -2.34. The summed E-state index contributed by atoms with van der Waals surface area (Å²) in [6, 6.07) is 3.95. The first kappa shape index (κ1) is 14.8. The number of amides is 1. The zero-order valence-corrected chi connectivity index (χ0v) is 9.87. The Hall–Kier alpha value is -1.24. The number of rotatable bonds is 8. The van der Waals surface area contributed by atoms with E-state index in [1.165, 1.54) is 16.7 Å². The van der Waals surface area contributed by atoms with Crippen LogP contribution < -0.4 is 0 Å². The number of nitriles is 2. The van der Waals surface area contributed by atoms with Crippen LogP contribution in [0.4, 0.5) is 0 Å². The third-order valence-electron chi connectivity index (χ3n) is 1.80. The summed E-state index contributed by atoms with van der Waals surface area (Å²) < 4.78 is 0. The number of hydrogen-bond acceptors (Lipinski definition) is 5. The molecule has 0 heterocycles. The lowest BCUT2D eigenvalue weighted by atomic mass is 10.3. The molecule has 0 aromatic heterocycles. The first-order chi connectivity index (χ1) is 7.76. The second-order valence-corrected chi connectivity index (χ2v) is 4.08. The summed E-state index contributed by atoms with van der Waals surface area (Å²) in [5, 5.41) is 25.5. The topological polar surface area (TPSA) is 88.1 Å². The van der Waals surface area contributed by atoms with Gasteiger partial charge in [-0.2, -0.15) is 10.5 Å². The summed E-state index contributed by atoms with van der Waals surface area (Å²) in [7, 11) is 0. The van der Waals surface area contributed by atoms with E-state index >= 15 is 0 Å². The van der Waals surface area contributed by atoms with Gasteiger partial charge >= 0.3 is 0 Å². The molecule has 0 unspecified atom stereocenters. The molecule has 0 bridgehead atoms. The maximum atomic E-state index is 11.6. The van der Waals surface area contributed by atoms with Gasteiger partial charge in [-0.15, -0.1) is 11.8 Å². The van der Waals surface area contributed by atoms with Gasteiger partial charge in [0.25, 0.3) is 0 Å². The maximum absolute atomic E-state index is 11.6. The highest BCUT2D eigenvalue weighted by Crippen LogP contribution is 2.03. The summed E-state index contributed by atoms with van der Waals surface area (Å²) in [4.78, 5) is 13.2. The van der Waals surface area contributed by atoms with Crippen LogP contribution in [-0.2, 0) is 4.79 Å². The molecule has 0 fully saturated rings. The Kier molecular flexibility index (Phi) is 9.49. The fourth-order valence-electron chi connectivity index (χ4n) is 1.05. The van der Waals surface area contributed by atoms with Gasteiger partial charge < -0.3 is 10.0 Å². The standard InChI is InChI=1S/C10H15N3O2S/c11-3-1-5-13(6-2-4-12)10(15)9-16-8-7-14/h14H,1-2,5-9H2. The van der Waals surface area contributed by atoms with E-state index in [-0.39, 0.29) is 31.1 Å². The molecule has 0 saturated heterocycles. The van der Waals surface area contributed by atoms with E-state index in [0.717, 1.165) is 0 Å². The summed E-state index contributed by atoms with van der Waals surface area (Å²) in [5.41, 5.74) is 0. The average molecular weight is 241 g/mol. The van der Waals surface area contributed by atoms with Crippen molar-refractivity contribution < 1.29 is 9.90 Å². The molecule has 6 heteroatoms. The first-order valence-corrected chi connectivity index (χ1v) is 6.12. The Morgan fingerprint density at radius 1 is 1.25 bits per heavy atom. The van der Waals surface area contributed by atoms with Crippen molar-refractivity contribution in [2.24, 2.45) is 0 Å². The van der Waals surface area contributed by atoms with Crippen molar-refractivity contribution in [2.45, 2.75) is 12.8 Å². The Bertz CT molecular complexity index is 265. The number of carbonyl (C=O) groups is 1. The lowest BCUT2D eigenvalue weighted by Gasteiger charge is -2.19. The Morgan fingerprint density at radius 2 is 1.81 bits per heavy atom. The molecule has 0 atom stereocenters. The monoisotopic (exact) mass is 241 g/mol. The van der Waals surface area contributed by atoms with E-state index < -0.39 is 0 Å². The van der Waals surface area contributed by atoms with Gasteiger partial charge in [0.2, 0.25) is 5.91 Å². The Balaban J connectivity index is 4.00. The molecule has 1 amide bonds. The van der Waals surface area contributed by atoms with Crippen LogP contribution in [0, 0.1) is 22.7 Å². The van der Waals surface area contributed by atoms with Crippen molar-refractivity contribution in [3.05, 3.63) is 0 Å². The van der Waals surface area contributed by atoms with Crippen LogP contribution in [0.25, 0.3) is 0 Å². The summed E-state index contributed by atoms with van der Waals surface area (Å²) >= 11 is 1.35. The highest BCUT2D eigenvalue weighted by molar-refractivity contribution is 7.99. The molecule has 0 aliphatic carbocycles. The quantitative estimate of drug-likeness (QED) is 0.620. The van der Waals surface area contributed by atoms with Crippen LogP contribution >= 0.6 is 11.8 Å². The second kappa shape index (κ2) is 10.3. The molecule has 0 spiro atoms. The molecule has 88 valence electrons. The molecule has 0 aromatic rings. The maximum Gasteiger partial charge on any atom is 0.232 e. The highest BCUT2D eigenvalue weighted by atomic mass is 32.2. The predicted octanol–water partition coefficient (Wildman–Crippen LogP) is 0.368. The number of aliphatic hydroxyl groups is 1. The molecule has 0 rings (SSSR count). The number of aliphatic hydroxyl groups excluding tert-OH is 1. The zero-order chi connectivity index (χ0) is 12.2. The van der Waals surface area contributed by atoms with E-state index in [4.69, 9.17) is 15.6 Å². The predicted molar refractivity (Wildman–Crippen MR) is 61.5 cm³/mol. The third-order valence-corrected chi connectivity index (χ3v) is 2.72. The molecule has 0 saturated carbocycles. The largest absolute Gasteiger partial charge is 0.396 e. The number of thioether (sulfide) groups is 1. The summed E-state index contributed by atoms with van der Waals surface area (Å²) in [6.45, 7) is 0.793. The van der Waals surface area contributed by atoms with E-state index in [2.05, 4.69) is 0 Å². The minimum absolute atomic E-state index is 0.0499. The van der Waals surface area contributed by atoms with Gasteiger partial charge in [-0.1, -0.05) is 0 Å². The van der Waals surface area contributed by atoms with E-state index in [1.54, 1.807) is 0 Å². The number of nitrogens with zero attached hydrogens (tertiary/aromatic N) is 3. The first-order valence-electron chi connectivity index (χ1n) is 4.96. The molecule has 5 nitrogen and oxygen atoms in total. The van der Waals surface area contributed by atoms with Gasteiger partial charge in [-0.25, -0.2) is 0 Å². The number of hydrogen-bond donors (Lipinski definition) is 1. The van der Waals surface area contributed by atoms with Crippen LogP contribution in [0.15, 0.2) is 0 Å². The van der Waals surface area contributed by atoms with Crippen LogP contribution in [0.3, 0.4) is 0 Å². The zero-order valence-electron chi connectivity index (χ0n) is 9.06. The molecule has 0 aromatic carbocycles. The molecule has 1 N–H and O–H groups in total. The molecule has 0 aliphatic rings. The van der Waals surface area contributed by atoms with Gasteiger partial charge in [0.1, 0.15) is 0 Å². The van der Waals surface area contributed by atoms with Crippen molar-refractivity contribution in [1.82, 2.24) is 4.90 Å². The fraction of sp³-hybridized carbons (Fsp3) is 0.700. The third kappa shape index (κ3) is 7.10. The van der Waals surface area contributed by atoms with Crippen LogP contribution in [-0.4, -0.2) is 47.1 Å². The van der Waals surface area contributed by atoms with E-state index in [1.807, 2.05) is 12.1 Å². The number of carbonyl (C=O) groups excluding carboxylic acids is 1. The molecule has 0 aliphatic heterocycles. The second-order valence-electron chi connectivity index (χ2n) is 2.97. The van der Waals surface area contributed by atoms with Gasteiger partial charge in [-0.3, -0.25) is 4.79 Å².